The lowest BCUT2D eigenvalue weighted by Crippen LogP contribution is -2.57. The standard InChI is InChI=1S/C31H38F2N8O4S/c1-18(32)30(42)40-10-5-6-24(40)29-21-12-28(37-27-7-9-34-31(38-27)39-11-8-26(45-3)23(33)16-39)35-13-22(21)25(14-36-29)41-15-20(19(41)2)17-46(4,43)44/h7,9,12-14,19-20,23-24,26H,1,5-6,8,10-11,15-17H2,2-4H3,(H,34,35,37,38)/t19-,20-,23+,24?,26-/m1/s1. The Balaban J connectivity index is 1.33. The zero-order valence-corrected chi connectivity index (χ0v) is 26.9. The first kappa shape index (κ1) is 32.0. The third kappa shape index (κ3) is 6.34. The maximum Gasteiger partial charge on any atom is 0.282 e. The van der Waals surface area contributed by atoms with Crippen LogP contribution in [0.5, 0.6) is 0 Å². The summed E-state index contributed by atoms with van der Waals surface area (Å²) in [4.78, 5) is 36.5. The van der Waals surface area contributed by atoms with E-state index in [2.05, 4.69) is 31.7 Å². The number of piperidine rings is 1. The fourth-order valence-corrected chi connectivity index (χ4v) is 7.93. The zero-order chi connectivity index (χ0) is 32.7. The van der Waals surface area contributed by atoms with Crippen LogP contribution in [-0.2, 0) is 19.4 Å². The number of pyridine rings is 2. The van der Waals surface area contributed by atoms with Gasteiger partial charge in [0.2, 0.25) is 5.95 Å². The number of nitrogens with one attached hydrogen (secondary N) is 1. The van der Waals surface area contributed by atoms with E-state index >= 15 is 0 Å². The van der Waals surface area contributed by atoms with Gasteiger partial charge in [0, 0.05) is 68.1 Å². The molecule has 46 heavy (non-hydrogen) atoms. The zero-order valence-electron chi connectivity index (χ0n) is 26.1. The van der Waals surface area contributed by atoms with Crippen LogP contribution in [0.3, 0.4) is 0 Å². The van der Waals surface area contributed by atoms with E-state index in [1.165, 1.54) is 18.3 Å². The van der Waals surface area contributed by atoms with E-state index in [9.17, 15) is 22.0 Å². The maximum atomic E-state index is 14.6. The van der Waals surface area contributed by atoms with Crippen LogP contribution in [0.2, 0.25) is 0 Å². The Hall–Kier alpha value is -3.98. The molecule has 1 N–H and O–H groups in total. The molecule has 0 aliphatic carbocycles. The van der Waals surface area contributed by atoms with Gasteiger partial charge in [-0.05, 0) is 38.3 Å². The van der Waals surface area contributed by atoms with E-state index in [0.29, 0.717) is 62.2 Å². The molecule has 0 bridgehead atoms. The van der Waals surface area contributed by atoms with Crippen molar-refractivity contribution in [3.63, 3.8) is 0 Å². The van der Waals surface area contributed by atoms with Crippen LogP contribution in [-0.4, -0.2) is 103 Å². The fraction of sp³-hybridized carbons (Fsp3) is 0.516. The molecule has 0 saturated carbocycles. The molecule has 3 aromatic rings. The number of rotatable bonds is 9. The highest BCUT2D eigenvalue weighted by molar-refractivity contribution is 7.90. The first-order valence-corrected chi connectivity index (χ1v) is 17.4. The summed E-state index contributed by atoms with van der Waals surface area (Å²) in [7, 11) is -1.62. The van der Waals surface area contributed by atoms with Crippen molar-refractivity contribution >= 4 is 49.8 Å². The summed E-state index contributed by atoms with van der Waals surface area (Å²) in [6, 6.07) is 3.01. The average molecular weight is 657 g/mol. The van der Waals surface area contributed by atoms with Crippen LogP contribution in [0.25, 0.3) is 10.8 Å². The molecular weight excluding hydrogens is 618 g/mol. The molecule has 3 saturated heterocycles. The third-order valence-electron chi connectivity index (χ3n) is 9.24. The van der Waals surface area contributed by atoms with Crippen LogP contribution >= 0.6 is 0 Å². The Labute approximate surface area is 266 Å². The summed E-state index contributed by atoms with van der Waals surface area (Å²) in [6.07, 6.45) is 6.48. The van der Waals surface area contributed by atoms with Gasteiger partial charge >= 0.3 is 0 Å². The summed E-state index contributed by atoms with van der Waals surface area (Å²) in [5, 5.41) is 4.72. The Morgan fingerprint density at radius 3 is 2.63 bits per heavy atom. The number of fused-ring (bicyclic) bond motifs is 1. The summed E-state index contributed by atoms with van der Waals surface area (Å²) in [6.45, 7) is 6.80. The van der Waals surface area contributed by atoms with Gasteiger partial charge in [-0.15, -0.1) is 0 Å². The first-order chi connectivity index (χ1) is 21.9. The normalized spacial score (nSPS) is 25.1. The molecule has 1 amide bonds. The molecule has 12 nitrogen and oxygen atoms in total. The number of hydrogen-bond donors (Lipinski definition) is 1. The molecule has 3 aliphatic rings. The summed E-state index contributed by atoms with van der Waals surface area (Å²) in [5.74, 6) is -0.397. The molecule has 6 rings (SSSR count). The van der Waals surface area contributed by atoms with Crippen molar-refractivity contribution in [3.8, 4) is 0 Å². The number of amides is 1. The minimum absolute atomic E-state index is 0.0166. The number of carbonyl (C=O) groups is 1. The summed E-state index contributed by atoms with van der Waals surface area (Å²) in [5.41, 5.74) is 1.40. The van der Waals surface area contributed by atoms with Crippen molar-refractivity contribution in [3.05, 3.63) is 48.8 Å². The van der Waals surface area contributed by atoms with E-state index < -0.39 is 39.9 Å². The number of likely N-dealkylation sites (tertiary alicyclic amines) is 1. The summed E-state index contributed by atoms with van der Waals surface area (Å²) < 4.78 is 57.7. The second-order valence-corrected chi connectivity index (χ2v) is 14.5. The number of ether oxygens (including phenoxy) is 1. The van der Waals surface area contributed by atoms with E-state index in [0.717, 1.165) is 16.5 Å². The molecule has 0 radical (unpaired) electrons. The molecule has 3 aliphatic heterocycles. The number of carbonyl (C=O) groups excluding carboxylic acids is 1. The van der Waals surface area contributed by atoms with Gasteiger partial charge in [-0.2, -0.15) is 4.98 Å². The number of sulfone groups is 1. The van der Waals surface area contributed by atoms with Crippen LogP contribution in [0.1, 0.15) is 37.9 Å². The Kier molecular flexibility index (Phi) is 8.81. The van der Waals surface area contributed by atoms with Crippen LogP contribution in [0.4, 0.5) is 32.1 Å². The molecular formula is C31H38F2N8O4S. The molecule has 15 heteroatoms. The number of alkyl halides is 1. The molecule has 246 valence electrons. The van der Waals surface area contributed by atoms with Gasteiger partial charge in [-0.3, -0.25) is 9.78 Å². The number of halogens is 2. The highest BCUT2D eigenvalue weighted by Gasteiger charge is 2.39. The highest BCUT2D eigenvalue weighted by Crippen LogP contribution is 2.41. The number of aromatic nitrogens is 4. The van der Waals surface area contributed by atoms with Gasteiger partial charge in [0.1, 0.15) is 27.6 Å². The van der Waals surface area contributed by atoms with E-state index in [1.807, 2.05) is 13.0 Å². The molecule has 1 unspecified atom stereocenters. The van der Waals surface area contributed by atoms with Crippen molar-refractivity contribution in [2.45, 2.75) is 50.5 Å². The first-order valence-electron chi connectivity index (χ1n) is 15.3. The van der Waals surface area contributed by atoms with Gasteiger partial charge in [0.15, 0.2) is 5.83 Å². The van der Waals surface area contributed by atoms with Crippen LogP contribution in [0, 0.1) is 5.92 Å². The minimum atomic E-state index is -3.13. The van der Waals surface area contributed by atoms with E-state index in [1.54, 1.807) is 29.6 Å². The summed E-state index contributed by atoms with van der Waals surface area (Å²) >= 11 is 0. The van der Waals surface area contributed by atoms with Crippen molar-refractivity contribution in [1.82, 2.24) is 24.8 Å². The molecule has 0 spiro atoms. The van der Waals surface area contributed by atoms with Gasteiger partial charge in [0.05, 0.1) is 42.0 Å². The molecule has 5 atom stereocenters. The van der Waals surface area contributed by atoms with Crippen molar-refractivity contribution in [1.29, 1.82) is 0 Å². The van der Waals surface area contributed by atoms with Gasteiger partial charge in [-0.25, -0.2) is 27.2 Å². The number of methoxy groups -OCH3 is 1. The van der Waals surface area contributed by atoms with Crippen LogP contribution in [0.15, 0.2) is 43.1 Å². The number of anilines is 4. The molecule has 3 aromatic heterocycles. The number of nitrogens with zero attached hydrogens (tertiary/aromatic N) is 7. The van der Waals surface area contributed by atoms with E-state index in [-0.39, 0.29) is 24.3 Å². The Morgan fingerprint density at radius 2 is 1.93 bits per heavy atom. The number of hydrogen-bond acceptors (Lipinski definition) is 11. The Morgan fingerprint density at radius 1 is 1.13 bits per heavy atom. The van der Waals surface area contributed by atoms with Gasteiger partial charge in [-0.1, -0.05) is 6.58 Å². The van der Waals surface area contributed by atoms with Crippen molar-refractivity contribution in [2.24, 2.45) is 5.92 Å². The monoisotopic (exact) mass is 656 g/mol. The predicted octanol–water partition coefficient (Wildman–Crippen LogP) is 3.74. The lowest BCUT2D eigenvalue weighted by atomic mass is 9.90. The second-order valence-electron chi connectivity index (χ2n) is 12.3. The third-order valence-corrected chi connectivity index (χ3v) is 10.3. The Bertz CT molecular complexity index is 1760. The topological polar surface area (TPSA) is 134 Å². The SMILES string of the molecule is C=C(F)C(=O)N1CCCC1c1ncc(N2C[C@H](CS(C)(=O)=O)[C@H]2C)c2cnc(Nc3ccnc(N4CC[C@@H](OC)[C@@H](F)C4)n3)cc12. The maximum absolute atomic E-state index is 14.6. The van der Waals surface area contributed by atoms with Crippen molar-refractivity contribution in [2.75, 3.05) is 60.4 Å². The van der Waals surface area contributed by atoms with Gasteiger partial charge < -0.3 is 24.8 Å². The lowest BCUT2D eigenvalue weighted by molar-refractivity contribution is -0.129. The minimum Gasteiger partial charge on any atom is -0.378 e. The van der Waals surface area contributed by atoms with E-state index in [4.69, 9.17) is 9.72 Å². The molecule has 6 heterocycles. The molecule has 3 fully saturated rings. The quantitative estimate of drug-likeness (QED) is 0.338. The lowest BCUT2D eigenvalue weighted by Gasteiger charge is -2.48. The van der Waals surface area contributed by atoms with Crippen LogP contribution < -0.4 is 15.1 Å². The largest absolute Gasteiger partial charge is 0.378 e. The second kappa shape index (κ2) is 12.7. The smallest absolute Gasteiger partial charge is 0.282 e. The fourth-order valence-electron chi connectivity index (χ4n) is 6.77. The highest BCUT2D eigenvalue weighted by atomic mass is 32.2. The molecule has 0 aromatic carbocycles. The average Bonchev–Trinajstić information content (AvgIpc) is 3.51. The van der Waals surface area contributed by atoms with Crippen molar-refractivity contribution < 1.29 is 26.7 Å². The van der Waals surface area contributed by atoms with Gasteiger partial charge in [0.25, 0.3) is 5.91 Å². The predicted molar refractivity (Wildman–Crippen MR) is 171 cm³/mol.